The Balaban J connectivity index is 3.62. The summed E-state index contributed by atoms with van der Waals surface area (Å²) < 4.78 is 0.948. The van der Waals surface area contributed by atoms with Gasteiger partial charge in [0.15, 0.2) is 0 Å². The third-order valence-corrected chi connectivity index (χ3v) is 4.79. The van der Waals surface area contributed by atoms with Crippen molar-refractivity contribution in [1.29, 1.82) is 0 Å². The zero-order valence-corrected chi connectivity index (χ0v) is 14.9. The third kappa shape index (κ3) is 11.7. The molecule has 0 amide bonds. The van der Waals surface area contributed by atoms with E-state index >= 15 is 0 Å². The van der Waals surface area contributed by atoms with Crippen molar-refractivity contribution in [1.82, 2.24) is 0 Å². The van der Waals surface area contributed by atoms with Crippen molar-refractivity contribution in [3.8, 4) is 0 Å². The maximum atomic E-state index is 10.6. The molecule has 0 saturated heterocycles. The Kier molecular flexibility index (Phi) is 11.7. The predicted octanol–water partition coefficient (Wildman–Crippen LogP) is 4.85. The summed E-state index contributed by atoms with van der Waals surface area (Å²) in [6.45, 7) is 5.53. The van der Waals surface area contributed by atoms with Crippen molar-refractivity contribution >= 4 is 5.97 Å². The van der Waals surface area contributed by atoms with Crippen molar-refractivity contribution in [3.05, 3.63) is 0 Å². The summed E-state index contributed by atoms with van der Waals surface area (Å²) in [6.07, 6.45) is 13.3. The number of hydrogen-bond acceptors (Lipinski definition) is 1. The number of hydrogen-bond donors (Lipinski definition) is 1. The van der Waals surface area contributed by atoms with Crippen molar-refractivity contribution in [2.75, 3.05) is 20.6 Å². The molecule has 3 heteroatoms. The summed E-state index contributed by atoms with van der Waals surface area (Å²) in [7, 11) is 4.47. The Morgan fingerprint density at radius 2 is 1.48 bits per heavy atom. The minimum absolute atomic E-state index is 0.298. The molecule has 0 aromatic carbocycles. The van der Waals surface area contributed by atoms with Crippen LogP contribution in [-0.4, -0.2) is 42.2 Å². The molecule has 0 aliphatic rings. The van der Waals surface area contributed by atoms with E-state index in [1.54, 1.807) is 0 Å². The van der Waals surface area contributed by atoms with E-state index in [1.807, 2.05) is 0 Å². The minimum atomic E-state index is -0.675. The zero-order valence-electron chi connectivity index (χ0n) is 14.9. The van der Waals surface area contributed by atoms with E-state index in [9.17, 15) is 4.79 Å². The number of quaternary nitrogens is 1. The SMILES string of the molecule is CCCCCCCCCCC(C)[N+](C)(C)CCCC(=O)O. The molecule has 1 unspecified atom stereocenters. The summed E-state index contributed by atoms with van der Waals surface area (Å²) in [4.78, 5) is 10.6. The van der Waals surface area contributed by atoms with Gasteiger partial charge in [-0.2, -0.15) is 0 Å². The molecule has 3 nitrogen and oxygen atoms in total. The number of carboxylic acid groups (broad SMARTS) is 1. The van der Waals surface area contributed by atoms with Crippen LogP contribution in [0.4, 0.5) is 0 Å². The second-order valence-electron chi connectivity index (χ2n) is 7.11. The van der Waals surface area contributed by atoms with Gasteiger partial charge >= 0.3 is 5.97 Å². The first-order chi connectivity index (χ1) is 9.90. The number of aliphatic carboxylic acids is 1. The molecule has 0 fully saturated rings. The molecule has 126 valence electrons. The van der Waals surface area contributed by atoms with Crippen LogP contribution in [0.3, 0.4) is 0 Å². The van der Waals surface area contributed by atoms with E-state index in [-0.39, 0.29) is 0 Å². The van der Waals surface area contributed by atoms with E-state index in [1.165, 1.54) is 57.8 Å². The standard InChI is InChI=1S/C18H37NO2/c1-5-6-7-8-9-10-11-12-14-17(2)19(3,4)16-13-15-18(20)21/h17H,5-16H2,1-4H3/p+1. The fraction of sp³-hybridized carbons (Fsp3) is 0.944. The lowest BCUT2D eigenvalue weighted by molar-refractivity contribution is -0.913. The molecule has 0 bridgehead atoms. The van der Waals surface area contributed by atoms with Crippen LogP contribution in [0.1, 0.15) is 84.5 Å². The Labute approximate surface area is 132 Å². The molecule has 0 aliphatic carbocycles. The highest BCUT2D eigenvalue weighted by Gasteiger charge is 2.23. The molecule has 1 atom stereocenters. The monoisotopic (exact) mass is 300 g/mol. The lowest BCUT2D eigenvalue weighted by atomic mass is 10.0. The first kappa shape index (κ1) is 20.4. The largest absolute Gasteiger partial charge is 0.481 e. The summed E-state index contributed by atoms with van der Waals surface area (Å²) in [5, 5.41) is 8.72. The Bertz CT molecular complexity index is 264. The topological polar surface area (TPSA) is 37.3 Å². The molecular weight excluding hydrogens is 262 g/mol. The molecule has 0 aliphatic heterocycles. The van der Waals surface area contributed by atoms with Crippen molar-refractivity contribution in [2.45, 2.75) is 90.5 Å². The fourth-order valence-electron chi connectivity index (χ4n) is 2.78. The minimum Gasteiger partial charge on any atom is -0.481 e. The van der Waals surface area contributed by atoms with Gasteiger partial charge < -0.3 is 9.59 Å². The van der Waals surface area contributed by atoms with E-state index < -0.39 is 5.97 Å². The van der Waals surface area contributed by atoms with Gasteiger partial charge in [0.2, 0.25) is 0 Å². The van der Waals surface area contributed by atoms with Crippen LogP contribution in [0.15, 0.2) is 0 Å². The Morgan fingerprint density at radius 1 is 0.952 bits per heavy atom. The Hall–Kier alpha value is -0.570. The molecule has 0 aromatic rings. The van der Waals surface area contributed by atoms with Gasteiger partial charge in [-0.1, -0.05) is 51.9 Å². The lowest BCUT2D eigenvalue weighted by Crippen LogP contribution is -2.48. The van der Waals surface area contributed by atoms with Crippen LogP contribution in [0.5, 0.6) is 0 Å². The van der Waals surface area contributed by atoms with Gasteiger partial charge in [0.05, 0.1) is 33.1 Å². The highest BCUT2D eigenvalue weighted by molar-refractivity contribution is 5.66. The van der Waals surface area contributed by atoms with Gasteiger partial charge in [-0.05, 0) is 19.8 Å². The van der Waals surface area contributed by atoms with Crippen LogP contribution < -0.4 is 0 Å². The van der Waals surface area contributed by atoms with Gasteiger partial charge in [0.25, 0.3) is 0 Å². The van der Waals surface area contributed by atoms with Crippen molar-refractivity contribution in [3.63, 3.8) is 0 Å². The summed E-state index contributed by atoms with van der Waals surface area (Å²) >= 11 is 0. The summed E-state index contributed by atoms with van der Waals surface area (Å²) in [5.41, 5.74) is 0. The number of unbranched alkanes of at least 4 members (excludes halogenated alkanes) is 7. The Morgan fingerprint density at radius 3 is 2.00 bits per heavy atom. The maximum absolute atomic E-state index is 10.6. The first-order valence-electron chi connectivity index (χ1n) is 8.94. The van der Waals surface area contributed by atoms with E-state index in [2.05, 4.69) is 27.9 Å². The van der Waals surface area contributed by atoms with Crippen LogP contribution in [0.2, 0.25) is 0 Å². The number of carboxylic acids is 1. The van der Waals surface area contributed by atoms with Crippen LogP contribution >= 0.6 is 0 Å². The van der Waals surface area contributed by atoms with Gasteiger partial charge in [0.1, 0.15) is 0 Å². The molecule has 0 radical (unpaired) electrons. The molecule has 0 spiro atoms. The van der Waals surface area contributed by atoms with Crippen LogP contribution in [0.25, 0.3) is 0 Å². The zero-order chi connectivity index (χ0) is 16.1. The number of carbonyl (C=O) groups is 1. The fourth-order valence-corrected chi connectivity index (χ4v) is 2.78. The molecule has 0 heterocycles. The molecule has 0 saturated carbocycles. The maximum Gasteiger partial charge on any atom is 0.303 e. The summed E-state index contributed by atoms with van der Waals surface area (Å²) in [5.74, 6) is -0.675. The predicted molar refractivity (Wildman–Crippen MR) is 90.5 cm³/mol. The lowest BCUT2D eigenvalue weighted by Gasteiger charge is -2.36. The number of nitrogens with zero attached hydrogens (tertiary/aromatic N) is 1. The van der Waals surface area contributed by atoms with E-state index in [0.717, 1.165) is 17.4 Å². The van der Waals surface area contributed by atoms with Gasteiger partial charge in [-0.25, -0.2) is 0 Å². The third-order valence-electron chi connectivity index (χ3n) is 4.79. The van der Waals surface area contributed by atoms with Gasteiger partial charge in [0, 0.05) is 6.42 Å². The van der Waals surface area contributed by atoms with Crippen molar-refractivity contribution in [2.24, 2.45) is 0 Å². The molecule has 21 heavy (non-hydrogen) atoms. The second kappa shape index (κ2) is 12.0. The quantitative estimate of drug-likeness (QED) is 0.368. The van der Waals surface area contributed by atoms with E-state index in [0.29, 0.717) is 12.5 Å². The highest BCUT2D eigenvalue weighted by atomic mass is 16.4. The van der Waals surface area contributed by atoms with Crippen LogP contribution in [0, 0.1) is 0 Å². The van der Waals surface area contributed by atoms with Gasteiger partial charge in [-0.15, -0.1) is 0 Å². The summed E-state index contributed by atoms with van der Waals surface area (Å²) in [6, 6.07) is 0.624. The number of rotatable bonds is 14. The molecule has 0 aromatic heterocycles. The van der Waals surface area contributed by atoms with E-state index in [4.69, 9.17) is 5.11 Å². The average molecular weight is 301 g/mol. The van der Waals surface area contributed by atoms with Crippen LogP contribution in [-0.2, 0) is 4.79 Å². The first-order valence-corrected chi connectivity index (χ1v) is 8.94. The highest BCUT2D eigenvalue weighted by Crippen LogP contribution is 2.17. The normalized spacial score (nSPS) is 13.3. The smallest absolute Gasteiger partial charge is 0.303 e. The molecule has 1 N–H and O–H groups in total. The average Bonchev–Trinajstić information content (AvgIpc) is 2.40. The second-order valence-corrected chi connectivity index (χ2v) is 7.11. The molecule has 0 rings (SSSR count). The molecular formula is C18H38NO2+. The van der Waals surface area contributed by atoms with Gasteiger partial charge in [-0.3, -0.25) is 4.79 Å². The van der Waals surface area contributed by atoms with Crippen molar-refractivity contribution < 1.29 is 14.4 Å².